The van der Waals surface area contributed by atoms with Crippen LogP contribution in [0.5, 0.6) is 0 Å². The van der Waals surface area contributed by atoms with Gasteiger partial charge in [-0.2, -0.15) is 0 Å². The van der Waals surface area contributed by atoms with Crippen molar-refractivity contribution in [1.82, 2.24) is 0 Å². The van der Waals surface area contributed by atoms with E-state index in [-0.39, 0.29) is 0 Å². The van der Waals surface area contributed by atoms with Gasteiger partial charge in [0, 0.05) is 11.1 Å². The predicted octanol–water partition coefficient (Wildman–Crippen LogP) is 5.44. The second-order valence-electron chi connectivity index (χ2n) is 4.86. The largest absolute Gasteiger partial charge is 0.0651 e. The van der Waals surface area contributed by atoms with E-state index in [9.17, 15) is 0 Å². The van der Waals surface area contributed by atoms with E-state index in [1.807, 2.05) is 0 Å². The van der Waals surface area contributed by atoms with Crippen LogP contribution in [0.4, 0.5) is 0 Å². The summed E-state index contributed by atoms with van der Waals surface area (Å²) in [6, 6.07) is 0. The van der Waals surface area contributed by atoms with Crippen molar-refractivity contribution >= 4 is 13.5 Å². The Morgan fingerprint density at radius 3 is 2.35 bits per heavy atom. The normalized spacial score (nSPS) is 19.1. The van der Waals surface area contributed by atoms with Gasteiger partial charge in [-0.15, -0.1) is 0 Å². The van der Waals surface area contributed by atoms with Crippen LogP contribution in [0.1, 0.15) is 59.3 Å². The van der Waals surface area contributed by atoms with Crippen molar-refractivity contribution in [1.29, 1.82) is 0 Å². The second kappa shape index (κ2) is 5.83. The van der Waals surface area contributed by atoms with Gasteiger partial charge in [-0.3, -0.25) is 0 Å². The van der Waals surface area contributed by atoms with Crippen LogP contribution in [0.25, 0.3) is 0 Å². The fourth-order valence-electron chi connectivity index (χ4n) is 2.71. The summed E-state index contributed by atoms with van der Waals surface area (Å²) in [5.41, 5.74) is 6.33. The molecule has 17 heavy (non-hydrogen) atoms. The van der Waals surface area contributed by atoms with Crippen molar-refractivity contribution < 1.29 is 0 Å². The molecule has 0 aromatic carbocycles. The SMILES string of the molecule is CCCC1=[C]P=C2C=C(CCC)C(CCC)=C12. The summed E-state index contributed by atoms with van der Waals surface area (Å²) in [5, 5.41) is 1.53. The molecule has 2 aliphatic rings. The number of fused-ring (bicyclic) bond motifs is 1. The van der Waals surface area contributed by atoms with Gasteiger partial charge in [0.15, 0.2) is 0 Å². The molecule has 0 nitrogen and oxygen atoms in total. The molecule has 0 aromatic heterocycles. The van der Waals surface area contributed by atoms with Crippen molar-refractivity contribution in [3.8, 4) is 0 Å². The van der Waals surface area contributed by atoms with Gasteiger partial charge in [-0.25, -0.2) is 0 Å². The number of rotatable bonds is 6. The number of hydrogen-bond donors (Lipinski definition) is 0. The Morgan fingerprint density at radius 2 is 1.71 bits per heavy atom. The minimum absolute atomic E-state index is 1.20. The minimum Gasteiger partial charge on any atom is -0.0651 e. The molecule has 0 saturated heterocycles. The van der Waals surface area contributed by atoms with E-state index in [1.165, 1.54) is 57.6 Å². The van der Waals surface area contributed by atoms with E-state index < -0.39 is 0 Å². The topological polar surface area (TPSA) is 0 Å². The molecule has 2 rings (SSSR count). The Bertz CT molecular complexity index is 419. The van der Waals surface area contributed by atoms with Gasteiger partial charge in [0.1, 0.15) is 0 Å². The molecular weight excluding hydrogens is 223 g/mol. The lowest BCUT2D eigenvalue weighted by Gasteiger charge is -2.11. The summed E-state index contributed by atoms with van der Waals surface area (Å²) in [6.07, 6.45) is 9.88. The maximum atomic E-state index is 3.56. The van der Waals surface area contributed by atoms with Crippen LogP contribution in [0.3, 0.4) is 0 Å². The van der Waals surface area contributed by atoms with Gasteiger partial charge in [0.25, 0.3) is 0 Å². The van der Waals surface area contributed by atoms with Crippen LogP contribution in [0, 0.1) is 5.82 Å². The van der Waals surface area contributed by atoms with E-state index >= 15 is 0 Å². The highest BCUT2D eigenvalue weighted by molar-refractivity contribution is 7.44. The van der Waals surface area contributed by atoms with Crippen LogP contribution in [0.15, 0.2) is 28.4 Å². The van der Waals surface area contributed by atoms with Crippen LogP contribution in [-0.4, -0.2) is 5.29 Å². The molecule has 1 aliphatic heterocycles. The lowest BCUT2D eigenvalue weighted by molar-refractivity contribution is 0.848. The monoisotopic (exact) mass is 245 g/mol. The van der Waals surface area contributed by atoms with E-state index in [1.54, 1.807) is 16.7 Å². The fourth-order valence-corrected chi connectivity index (χ4v) is 3.79. The summed E-state index contributed by atoms with van der Waals surface area (Å²) >= 11 is 0. The fraction of sp³-hybridized carbons (Fsp3) is 0.562. The van der Waals surface area contributed by atoms with Crippen LogP contribution < -0.4 is 0 Å². The Morgan fingerprint density at radius 1 is 1.00 bits per heavy atom. The maximum absolute atomic E-state index is 3.56. The van der Waals surface area contributed by atoms with Crippen molar-refractivity contribution in [2.75, 3.05) is 0 Å². The first-order valence-electron chi connectivity index (χ1n) is 6.96. The summed E-state index contributed by atoms with van der Waals surface area (Å²) in [4.78, 5) is 0. The number of allylic oxidation sites excluding steroid dienone is 5. The average Bonchev–Trinajstić information content (AvgIpc) is 2.83. The van der Waals surface area contributed by atoms with Gasteiger partial charge in [0.05, 0.1) is 0 Å². The van der Waals surface area contributed by atoms with Crippen molar-refractivity contribution in [2.45, 2.75) is 59.3 Å². The highest BCUT2D eigenvalue weighted by Crippen LogP contribution is 2.42. The summed E-state index contributed by atoms with van der Waals surface area (Å²) in [7, 11) is 1.31. The quantitative estimate of drug-likeness (QED) is 0.546. The standard InChI is InChI=1S/C16H22P/c1-4-7-12-10-15-16(14(12)9-6-3)13(8-5-2)11-17-15/h10H,4-9H2,1-3H3. The van der Waals surface area contributed by atoms with Gasteiger partial charge >= 0.3 is 0 Å². The van der Waals surface area contributed by atoms with Gasteiger partial charge in [-0.1, -0.05) is 48.2 Å². The highest BCUT2D eigenvalue weighted by Gasteiger charge is 2.25. The van der Waals surface area contributed by atoms with Gasteiger partial charge < -0.3 is 0 Å². The molecule has 0 saturated carbocycles. The molecular formula is C16H22P. The summed E-state index contributed by atoms with van der Waals surface area (Å²) < 4.78 is 0. The molecule has 0 N–H and O–H groups in total. The van der Waals surface area contributed by atoms with Crippen molar-refractivity contribution in [3.63, 3.8) is 0 Å². The molecule has 91 valence electrons. The van der Waals surface area contributed by atoms with E-state index in [4.69, 9.17) is 0 Å². The second-order valence-corrected chi connectivity index (χ2v) is 5.79. The molecule has 0 aromatic rings. The molecule has 0 fully saturated rings. The molecule has 0 bridgehead atoms. The molecule has 0 unspecified atom stereocenters. The average molecular weight is 245 g/mol. The zero-order valence-electron chi connectivity index (χ0n) is 11.3. The highest BCUT2D eigenvalue weighted by atomic mass is 31.1. The molecule has 1 radical (unpaired) electrons. The van der Waals surface area contributed by atoms with Crippen LogP contribution in [-0.2, 0) is 0 Å². The minimum atomic E-state index is 1.20. The molecule has 1 heterocycles. The van der Waals surface area contributed by atoms with Gasteiger partial charge in [-0.05, 0) is 47.6 Å². The van der Waals surface area contributed by atoms with E-state index in [0.717, 1.165) is 0 Å². The van der Waals surface area contributed by atoms with Crippen molar-refractivity contribution in [3.05, 3.63) is 34.2 Å². The summed E-state index contributed by atoms with van der Waals surface area (Å²) in [6.45, 7) is 6.83. The summed E-state index contributed by atoms with van der Waals surface area (Å²) in [5.74, 6) is 3.56. The lowest BCUT2D eigenvalue weighted by atomic mass is 9.93. The zero-order chi connectivity index (χ0) is 12.3. The molecule has 0 amide bonds. The lowest BCUT2D eigenvalue weighted by Crippen LogP contribution is -1.96. The first-order chi connectivity index (χ1) is 8.31. The van der Waals surface area contributed by atoms with E-state index in [2.05, 4.69) is 32.7 Å². The number of hydrogen-bond acceptors (Lipinski definition) is 0. The van der Waals surface area contributed by atoms with Gasteiger partial charge in [0.2, 0.25) is 0 Å². The van der Waals surface area contributed by atoms with Crippen molar-refractivity contribution in [2.24, 2.45) is 0 Å². The Labute approximate surface area is 107 Å². The van der Waals surface area contributed by atoms with Crippen LogP contribution >= 0.6 is 8.20 Å². The third kappa shape index (κ3) is 2.47. The third-order valence-corrected chi connectivity index (χ3v) is 4.36. The zero-order valence-corrected chi connectivity index (χ0v) is 12.2. The maximum Gasteiger partial charge on any atom is 0.0184 e. The third-order valence-electron chi connectivity index (χ3n) is 3.39. The first-order valence-corrected chi connectivity index (χ1v) is 7.85. The predicted molar refractivity (Wildman–Crippen MR) is 78.5 cm³/mol. The van der Waals surface area contributed by atoms with Crippen LogP contribution in [0.2, 0.25) is 0 Å². The Kier molecular flexibility index (Phi) is 4.40. The molecule has 0 spiro atoms. The smallest absolute Gasteiger partial charge is 0.0184 e. The Hall–Kier alpha value is -0.610. The Balaban J connectivity index is 2.30. The van der Waals surface area contributed by atoms with E-state index in [0.29, 0.717) is 0 Å². The molecule has 1 heteroatoms. The first kappa shape index (κ1) is 12.8. The molecule has 1 aliphatic carbocycles. The molecule has 0 atom stereocenters.